The average Bonchev–Trinajstić information content (AvgIpc) is 2.68. The van der Waals surface area contributed by atoms with E-state index >= 15 is 0 Å². The second kappa shape index (κ2) is 6.78. The highest BCUT2D eigenvalue weighted by atomic mass is 16.5. The molecule has 0 aliphatic carbocycles. The van der Waals surface area contributed by atoms with Gasteiger partial charge in [-0.15, -0.1) is 0 Å². The van der Waals surface area contributed by atoms with Gasteiger partial charge in [-0.1, -0.05) is 6.07 Å². The van der Waals surface area contributed by atoms with E-state index in [1.165, 1.54) is 0 Å². The van der Waals surface area contributed by atoms with E-state index in [2.05, 4.69) is 0 Å². The van der Waals surface area contributed by atoms with Crippen molar-refractivity contribution in [2.24, 2.45) is 0 Å². The lowest BCUT2D eigenvalue weighted by Crippen LogP contribution is -2.28. The van der Waals surface area contributed by atoms with Crippen LogP contribution in [0, 0.1) is 0 Å². The zero-order valence-electron chi connectivity index (χ0n) is 12.1. The second-order valence-electron chi connectivity index (χ2n) is 5.06. The van der Waals surface area contributed by atoms with Crippen molar-refractivity contribution in [2.75, 3.05) is 13.2 Å². The van der Waals surface area contributed by atoms with Crippen molar-refractivity contribution in [3.05, 3.63) is 23.8 Å². The van der Waals surface area contributed by atoms with E-state index in [0.29, 0.717) is 30.3 Å². The van der Waals surface area contributed by atoms with Gasteiger partial charge in [0.1, 0.15) is 0 Å². The van der Waals surface area contributed by atoms with Crippen molar-refractivity contribution in [1.29, 1.82) is 0 Å². The third-order valence-electron chi connectivity index (χ3n) is 3.33. The van der Waals surface area contributed by atoms with E-state index in [1.807, 2.05) is 0 Å². The Morgan fingerprint density at radius 3 is 2.52 bits per heavy atom. The van der Waals surface area contributed by atoms with Crippen LogP contribution in [0.4, 0.5) is 0 Å². The van der Waals surface area contributed by atoms with Gasteiger partial charge in [0.15, 0.2) is 17.6 Å². The summed E-state index contributed by atoms with van der Waals surface area (Å²) in [6, 6.07) is 4.94. The monoisotopic (exact) mass is 296 g/mol. The molecule has 21 heavy (non-hydrogen) atoms. The van der Waals surface area contributed by atoms with E-state index < -0.39 is 24.3 Å². The van der Waals surface area contributed by atoms with Crippen molar-refractivity contribution in [3.63, 3.8) is 0 Å². The predicted octanol–water partition coefficient (Wildman–Crippen LogP) is 1.76. The van der Waals surface area contributed by atoms with Crippen LogP contribution >= 0.6 is 0 Å². The van der Waals surface area contributed by atoms with Crippen LogP contribution in [0.15, 0.2) is 18.2 Å². The number of ether oxygens (including phenoxy) is 3. The molecule has 0 radical (unpaired) electrons. The summed E-state index contributed by atoms with van der Waals surface area (Å²) >= 11 is 0. The molecule has 1 aliphatic heterocycles. The summed E-state index contributed by atoms with van der Waals surface area (Å²) in [6.45, 7) is 4.28. The first-order valence-electron chi connectivity index (χ1n) is 6.95. The fourth-order valence-corrected chi connectivity index (χ4v) is 1.95. The summed E-state index contributed by atoms with van der Waals surface area (Å²) in [5.41, 5.74) is 0.458. The van der Waals surface area contributed by atoms with Crippen LogP contribution < -0.4 is 9.47 Å². The third kappa shape index (κ3) is 3.86. The van der Waals surface area contributed by atoms with Crippen LogP contribution in [0.25, 0.3) is 0 Å². The van der Waals surface area contributed by atoms with E-state index in [-0.39, 0.29) is 0 Å². The molecule has 0 spiro atoms. The third-order valence-corrected chi connectivity index (χ3v) is 3.33. The summed E-state index contributed by atoms with van der Waals surface area (Å²) < 4.78 is 16.5. The Labute approximate surface area is 123 Å². The first kappa shape index (κ1) is 15.6. The maximum absolute atomic E-state index is 11.4. The molecule has 6 nitrogen and oxygen atoms in total. The molecule has 6 heteroatoms. The van der Waals surface area contributed by atoms with Gasteiger partial charge in [0.2, 0.25) is 0 Å². The number of rotatable bonds is 5. The van der Waals surface area contributed by atoms with Gasteiger partial charge in [-0.3, -0.25) is 0 Å². The van der Waals surface area contributed by atoms with Crippen molar-refractivity contribution in [3.8, 4) is 11.5 Å². The van der Waals surface area contributed by atoms with Crippen LogP contribution in [0.2, 0.25) is 0 Å². The van der Waals surface area contributed by atoms with Crippen LogP contribution in [-0.2, 0) is 9.53 Å². The molecule has 0 fully saturated rings. The predicted molar refractivity (Wildman–Crippen MR) is 74.7 cm³/mol. The van der Waals surface area contributed by atoms with E-state index in [1.54, 1.807) is 32.0 Å². The van der Waals surface area contributed by atoms with Gasteiger partial charge in [-0.25, -0.2) is 4.79 Å². The number of aliphatic hydroxyl groups is 1. The van der Waals surface area contributed by atoms with Crippen molar-refractivity contribution in [1.82, 2.24) is 0 Å². The van der Waals surface area contributed by atoms with Gasteiger partial charge < -0.3 is 24.4 Å². The Hall–Kier alpha value is -1.79. The van der Waals surface area contributed by atoms with Gasteiger partial charge in [0.05, 0.1) is 25.4 Å². The highest BCUT2D eigenvalue weighted by Gasteiger charge is 2.26. The Bertz CT molecular complexity index is 499. The van der Waals surface area contributed by atoms with Crippen molar-refractivity contribution < 1.29 is 29.2 Å². The number of benzene rings is 1. The van der Waals surface area contributed by atoms with E-state index in [0.717, 1.165) is 6.42 Å². The topological polar surface area (TPSA) is 85.2 Å². The molecule has 3 unspecified atom stereocenters. The molecular formula is C15H20O6. The molecule has 2 N–H and O–H groups in total. The van der Waals surface area contributed by atoms with Crippen molar-refractivity contribution >= 4 is 5.97 Å². The molecular weight excluding hydrogens is 276 g/mol. The summed E-state index contributed by atoms with van der Waals surface area (Å²) in [5.74, 6) is 0.00510. The number of hydrogen-bond donors (Lipinski definition) is 2. The Morgan fingerprint density at radius 2 is 1.90 bits per heavy atom. The van der Waals surface area contributed by atoms with Gasteiger partial charge in [0.25, 0.3) is 0 Å². The molecule has 2 rings (SSSR count). The number of hydrogen-bond acceptors (Lipinski definition) is 5. The maximum atomic E-state index is 11.4. The summed E-state index contributed by atoms with van der Waals surface area (Å²) in [7, 11) is 0. The molecule has 1 aromatic carbocycles. The Kier molecular flexibility index (Phi) is 5.03. The van der Waals surface area contributed by atoms with Crippen LogP contribution in [-0.4, -0.2) is 41.6 Å². The highest BCUT2D eigenvalue weighted by Crippen LogP contribution is 2.33. The van der Waals surface area contributed by atoms with E-state index in [4.69, 9.17) is 14.2 Å². The average molecular weight is 296 g/mol. The lowest BCUT2D eigenvalue weighted by Gasteiger charge is -2.22. The van der Waals surface area contributed by atoms with Crippen LogP contribution in [0.3, 0.4) is 0 Å². The number of aliphatic carboxylic acids is 1. The standard InChI is InChI=1S/C15H20O6/c1-9(16)10(2)21-14(15(17)18)11-4-5-12-13(8-11)20-7-3-6-19-12/h4-5,8-10,14,16H,3,6-7H2,1-2H3,(H,17,18). The van der Waals surface area contributed by atoms with Gasteiger partial charge in [-0.05, 0) is 31.5 Å². The number of carboxylic acid groups (broad SMARTS) is 1. The lowest BCUT2D eigenvalue weighted by atomic mass is 10.1. The minimum absolute atomic E-state index is 0.458. The molecule has 0 saturated heterocycles. The van der Waals surface area contributed by atoms with Gasteiger partial charge in [-0.2, -0.15) is 0 Å². The molecule has 3 atom stereocenters. The zero-order chi connectivity index (χ0) is 15.4. The maximum Gasteiger partial charge on any atom is 0.337 e. The quantitative estimate of drug-likeness (QED) is 0.861. The highest BCUT2D eigenvalue weighted by molar-refractivity contribution is 5.74. The van der Waals surface area contributed by atoms with Gasteiger partial charge in [0, 0.05) is 6.42 Å². The smallest absolute Gasteiger partial charge is 0.337 e. The summed E-state index contributed by atoms with van der Waals surface area (Å²) in [4.78, 5) is 11.4. The molecule has 1 aliphatic rings. The first-order valence-corrected chi connectivity index (χ1v) is 6.95. The minimum atomic E-state index is -1.16. The number of aliphatic hydroxyl groups excluding tert-OH is 1. The summed E-state index contributed by atoms with van der Waals surface area (Å²) in [6.07, 6.45) is -1.73. The first-order chi connectivity index (χ1) is 9.99. The number of carboxylic acids is 1. The molecule has 0 saturated carbocycles. The van der Waals surface area contributed by atoms with Gasteiger partial charge >= 0.3 is 5.97 Å². The molecule has 0 amide bonds. The number of fused-ring (bicyclic) bond motifs is 1. The fraction of sp³-hybridized carbons (Fsp3) is 0.533. The summed E-state index contributed by atoms with van der Waals surface area (Å²) in [5, 5.41) is 18.8. The molecule has 0 bridgehead atoms. The largest absolute Gasteiger partial charge is 0.490 e. The lowest BCUT2D eigenvalue weighted by molar-refractivity contribution is -0.158. The van der Waals surface area contributed by atoms with Crippen LogP contribution in [0.1, 0.15) is 31.9 Å². The van der Waals surface area contributed by atoms with E-state index in [9.17, 15) is 15.0 Å². The van der Waals surface area contributed by atoms with Crippen LogP contribution in [0.5, 0.6) is 11.5 Å². The normalized spacial score (nSPS) is 18.4. The Morgan fingerprint density at radius 1 is 1.24 bits per heavy atom. The second-order valence-corrected chi connectivity index (χ2v) is 5.06. The molecule has 1 aromatic rings. The van der Waals surface area contributed by atoms with Crippen molar-refractivity contribution in [2.45, 2.75) is 38.6 Å². The number of carbonyl (C=O) groups is 1. The Balaban J connectivity index is 2.24. The SMILES string of the molecule is CC(O)C(C)OC(C(=O)O)c1ccc2c(c1)OCCCO2. The fourth-order valence-electron chi connectivity index (χ4n) is 1.95. The molecule has 116 valence electrons. The minimum Gasteiger partial charge on any atom is -0.490 e. The zero-order valence-corrected chi connectivity index (χ0v) is 12.1. The molecule has 1 heterocycles. The molecule has 0 aromatic heterocycles.